The van der Waals surface area contributed by atoms with Gasteiger partial charge in [-0.05, 0) is 50.2 Å². The van der Waals surface area contributed by atoms with E-state index in [1.807, 2.05) is 13.8 Å². The molecule has 0 spiro atoms. The van der Waals surface area contributed by atoms with Crippen LogP contribution in [0.25, 0.3) is 0 Å². The van der Waals surface area contributed by atoms with Crippen molar-refractivity contribution >= 4 is 23.1 Å². The number of anilines is 3. The van der Waals surface area contributed by atoms with Crippen molar-refractivity contribution in [3.63, 3.8) is 0 Å². The first-order valence-corrected chi connectivity index (χ1v) is 7.36. The molecule has 0 aliphatic heterocycles. The maximum absolute atomic E-state index is 13.0. The fourth-order valence-electron chi connectivity index (χ4n) is 2.06. The van der Waals surface area contributed by atoms with Crippen molar-refractivity contribution in [2.45, 2.75) is 26.1 Å². The van der Waals surface area contributed by atoms with Crippen molar-refractivity contribution in [1.29, 1.82) is 0 Å². The highest BCUT2D eigenvalue weighted by molar-refractivity contribution is 5.89. The van der Waals surface area contributed by atoms with Crippen LogP contribution in [0.4, 0.5) is 35.0 Å². The van der Waals surface area contributed by atoms with Gasteiger partial charge >= 0.3 is 12.2 Å². The number of rotatable bonds is 4. The molecule has 2 aromatic carbocycles. The first-order valence-electron chi connectivity index (χ1n) is 7.36. The molecular formula is C17H18F3N3O. The van der Waals surface area contributed by atoms with Crippen LogP contribution in [0.2, 0.25) is 0 Å². The lowest BCUT2D eigenvalue weighted by Gasteiger charge is -2.15. The summed E-state index contributed by atoms with van der Waals surface area (Å²) in [5.41, 5.74) is 0.274. The summed E-state index contributed by atoms with van der Waals surface area (Å²) in [6.07, 6.45) is -4.43. The minimum Gasteiger partial charge on any atom is -0.355 e. The van der Waals surface area contributed by atoms with E-state index >= 15 is 0 Å². The molecule has 0 atom stereocenters. The number of hydrogen-bond donors (Lipinski definition) is 3. The molecule has 3 N–H and O–H groups in total. The molecule has 2 aromatic rings. The van der Waals surface area contributed by atoms with Crippen LogP contribution < -0.4 is 16.0 Å². The van der Waals surface area contributed by atoms with E-state index in [-0.39, 0.29) is 17.8 Å². The first kappa shape index (κ1) is 17.7. The summed E-state index contributed by atoms with van der Waals surface area (Å²) >= 11 is 0. The smallest absolute Gasteiger partial charge is 0.355 e. The van der Waals surface area contributed by atoms with Gasteiger partial charge in [0.15, 0.2) is 0 Å². The van der Waals surface area contributed by atoms with Gasteiger partial charge in [0.25, 0.3) is 0 Å². The Morgan fingerprint density at radius 3 is 2.12 bits per heavy atom. The van der Waals surface area contributed by atoms with Crippen LogP contribution in [0.3, 0.4) is 0 Å². The Hall–Kier alpha value is -2.70. The van der Waals surface area contributed by atoms with Crippen molar-refractivity contribution in [2.75, 3.05) is 10.6 Å². The third-order valence-corrected chi connectivity index (χ3v) is 3.07. The van der Waals surface area contributed by atoms with Crippen molar-refractivity contribution < 1.29 is 18.0 Å². The van der Waals surface area contributed by atoms with Crippen LogP contribution in [0.5, 0.6) is 0 Å². The van der Waals surface area contributed by atoms with Gasteiger partial charge in [-0.2, -0.15) is 13.2 Å². The minimum absolute atomic E-state index is 0.00445. The van der Waals surface area contributed by atoms with E-state index in [4.69, 9.17) is 0 Å². The lowest BCUT2D eigenvalue weighted by atomic mass is 10.1. The third-order valence-electron chi connectivity index (χ3n) is 3.07. The van der Waals surface area contributed by atoms with Gasteiger partial charge in [0.2, 0.25) is 0 Å². The zero-order valence-corrected chi connectivity index (χ0v) is 13.2. The Labute approximate surface area is 138 Å². The summed E-state index contributed by atoms with van der Waals surface area (Å²) in [4.78, 5) is 11.6. The second-order valence-corrected chi connectivity index (χ2v) is 5.50. The van der Waals surface area contributed by atoms with Crippen LogP contribution in [0, 0.1) is 0 Å². The number of carbonyl (C=O) groups is 1. The van der Waals surface area contributed by atoms with Gasteiger partial charge in [-0.1, -0.05) is 12.1 Å². The number of para-hydroxylation sites is 1. The van der Waals surface area contributed by atoms with Crippen molar-refractivity contribution in [1.82, 2.24) is 5.32 Å². The van der Waals surface area contributed by atoms with Crippen LogP contribution in [0.15, 0.2) is 48.5 Å². The van der Waals surface area contributed by atoms with Gasteiger partial charge in [-0.25, -0.2) is 4.79 Å². The summed E-state index contributed by atoms with van der Waals surface area (Å²) < 4.78 is 38.9. The number of amides is 2. The Morgan fingerprint density at radius 2 is 1.54 bits per heavy atom. The fraction of sp³-hybridized carbons (Fsp3) is 0.235. The lowest BCUT2D eigenvalue weighted by molar-refractivity contribution is -0.136. The Morgan fingerprint density at radius 1 is 0.958 bits per heavy atom. The molecule has 0 aliphatic carbocycles. The summed E-state index contributed by atoms with van der Waals surface area (Å²) in [5.74, 6) is 0. The van der Waals surface area contributed by atoms with E-state index in [9.17, 15) is 18.0 Å². The molecule has 128 valence electrons. The lowest BCUT2D eigenvalue weighted by Crippen LogP contribution is -2.34. The molecule has 4 nitrogen and oxygen atoms in total. The average Bonchev–Trinajstić information content (AvgIpc) is 2.48. The standard InChI is InChI=1S/C17H18F3N3O/c1-11(2)21-16(24)23-13-9-7-12(8-10-13)22-15-6-4-3-5-14(15)17(18,19)20/h3-11,22H,1-2H3,(H2,21,23,24). The molecule has 0 saturated carbocycles. The molecule has 2 rings (SSSR count). The molecule has 0 aliphatic rings. The number of benzene rings is 2. The van der Waals surface area contributed by atoms with Crippen LogP contribution in [0.1, 0.15) is 19.4 Å². The largest absolute Gasteiger partial charge is 0.418 e. The molecule has 0 bridgehead atoms. The molecule has 0 radical (unpaired) electrons. The highest BCUT2D eigenvalue weighted by Crippen LogP contribution is 2.35. The Balaban J connectivity index is 2.09. The van der Waals surface area contributed by atoms with Crippen LogP contribution in [-0.2, 0) is 6.18 Å². The van der Waals surface area contributed by atoms with E-state index < -0.39 is 11.7 Å². The summed E-state index contributed by atoms with van der Waals surface area (Å²) in [6, 6.07) is 11.3. The average molecular weight is 337 g/mol. The van der Waals surface area contributed by atoms with Crippen LogP contribution in [-0.4, -0.2) is 12.1 Å². The predicted octanol–water partition coefficient (Wildman–Crippen LogP) is 4.98. The second-order valence-electron chi connectivity index (χ2n) is 5.50. The van der Waals surface area contributed by atoms with Crippen LogP contribution >= 0.6 is 0 Å². The number of halogens is 3. The highest BCUT2D eigenvalue weighted by atomic mass is 19.4. The van der Waals surface area contributed by atoms with Crippen molar-refractivity contribution in [3.05, 3.63) is 54.1 Å². The Bertz CT molecular complexity index is 697. The highest BCUT2D eigenvalue weighted by Gasteiger charge is 2.33. The van der Waals surface area contributed by atoms with Crippen molar-refractivity contribution in [2.24, 2.45) is 0 Å². The number of carbonyl (C=O) groups excluding carboxylic acids is 1. The maximum Gasteiger partial charge on any atom is 0.418 e. The second kappa shape index (κ2) is 7.25. The molecule has 7 heteroatoms. The molecular weight excluding hydrogens is 319 g/mol. The molecule has 2 amide bonds. The third kappa shape index (κ3) is 4.91. The van der Waals surface area contributed by atoms with Gasteiger partial charge in [0.05, 0.1) is 11.3 Å². The molecule has 24 heavy (non-hydrogen) atoms. The predicted molar refractivity (Wildman–Crippen MR) is 88.5 cm³/mol. The molecule has 0 saturated heterocycles. The monoisotopic (exact) mass is 337 g/mol. The number of alkyl halides is 3. The van der Waals surface area contributed by atoms with Gasteiger partial charge in [-0.15, -0.1) is 0 Å². The van der Waals surface area contributed by atoms with E-state index in [0.29, 0.717) is 11.4 Å². The minimum atomic E-state index is -4.43. The molecule has 0 heterocycles. The van der Waals surface area contributed by atoms with E-state index in [1.165, 1.54) is 18.2 Å². The summed E-state index contributed by atoms with van der Waals surface area (Å²) in [7, 11) is 0. The summed E-state index contributed by atoms with van der Waals surface area (Å²) in [6.45, 7) is 3.68. The van der Waals surface area contributed by atoms with E-state index in [0.717, 1.165) is 6.07 Å². The van der Waals surface area contributed by atoms with Crippen molar-refractivity contribution in [3.8, 4) is 0 Å². The molecule has 0 fully saturated rings. The fourth-order valence-corrected chi connectivity index (χ4v) is 2.06. The molecule has 0 aromatic heterocycles. The molecule has 0 unspecified atom stereocenters. The van der Waals surface area contributed by atoms with Gasteiger partial charge < -0.3 is 16.0 Å². The summed E-state index contributed by atoms with van der Waals surface area (Å²) in [5, 5.41) is 8.06. The van der Waals surface area contributed by atoms with E-state index in [1.54, 1.807) is 24.3 Å². The van der Waals surface area contributed by atoms with Gasteiger partial charge in [0.1, 0.15) is 0 Å². The zero-order chi connectivity index (χ0) is 17.7. The SMILES string of the molecule is CC(C)NC(=O)Nc1ccc(Nc2ccccc2C(F)(F)F)cc1. The maximum atomic E-state index is 13.0. The Kier molecular flexibility index (Phi) is 5.33. The number of hydrogen-bond acceptors (Lipinski definition) is 2. The quantitative estimate of drug-likeness (QED) is 0.737. The van der Waals surface area contributed by atoms with E-state index in [2.05, 4.69) is 16.0 Å². The van der Waals surface area contributed by atoms with Gasteiger partial charge in [-0.3, -0.25) is 0 Å². The normalized spacial score (nSPS) is 11.2. The first-order chi connectivity index (χ1) is 11.3. The number of urea groups is 1. The zero-order valence-electron chi connectivity index (χ0n) is 13.2. The number of nitrogens with one attached hydrogen (secondary N) is 3. The van der Waals surface area contributed by atoms with Gasteiger partial charge in [0, 0.05) is 17.4 Å². The topological polar surface area (TPSA) is 53.2 Å².